The third kappa shape index (κ3) is 3.64. The molecule has 1 aromatic carbocycles. The van der Waals surface area contributed by atoms with Gasteiger partial charge in [-0.1, -0.05) is 18.2 Å². The van der Waals surface area contributed by atoms with E-state index in [0.717, 1.165) is 10.4 Å². The molecule has 2 aromatic heterocycles. The zero-order valence-electron chi connectivity index (χ0n) is 16.0. The minimum atomic E-state index is -0.382. The molecule has 1 aliphatic heterocycles. The van der Waals surface area contributed by atoms with Crippen molar-refractivity contribution in [1.29, 1.82) is 0 Å². The number of nitrogens with one attached hydrogen (secondary N) is 1. The highest BCUT2D eigenvalue weighted by Gasteiger charge is 2.40. The normalized spacial score (nSPS) is 13.9. The number of methoxy groups -OCH3 is 1. The van der Waals surface area contributed by atoms with Crippen molar-refractivity contribution in [3.05, 3.63) is 81.9 Å². The van der Waals surface area contributed by atoms with Gasteiger partial charge in [0.2, 0.25) is 0 Å². The van der Waals surface area contributed by atoms with Crippen molar-refractivity contribution < 1.29 is 14.3 Å². The molecule has 0 aliphatic carbocycles. The second kappa shape index (κ2) is 7.89. The Morgan fingerprint density at radius 2 is 1.97 bits per heavy atom. The van der Waals surface area contributed by atoms with Crippen LogP contribution in [0.3, 0.4) is 0 Å². The molecule has 3 heterocycles. The quantitative estimate of drug-likeness (QED) is 0.631. The lowest BCUT2D eigenvalue weighted by Crippen LogP contribution is -2.32. The number of carbonyl (C=O) groups excluding carboxylic acids is 2. The number of aryl methyl sites for hydroxylation is 1. The standard InChI is InChI=1S/C22H19N3O3S/c1-14-8-9-17(28-2)16(12-14)24-20-19(18-7-5-11-29-18)21(26)25(22(20)27)13-15-6-3-4-10-23-15/h3-12,24H,13H2,1-2H3. The van der Waals surface area contributed by atoms with E-state index in [2.05, 4.69) is 10.3 Å². The van der Waals surface area contributed by atoms with E-state index in [1.165, 1.54) is 16.2 Å². The number of nitrogens with zero attached hydrogens (tertiary/aromatic N) is 2. The number of ether oxygens (including phenoxy) is 1. The molecular weight excluding hydrogens is 386 g/mol. The third-order valence-corrected chi connectivity index (χ3v) is 5.48. The molecular formula is C22H19N3O3S. The van der Waals surface area contributed by atoms with Crippen molar-refractivity contribution in [1.82, 2.24) is 9.88 Å². The van der Waals surface area contributed by atoms with E-state index in [1.54, 1.807) is 25.4 Å². The van der Waals surface area contributed by atoms with Crippen LogP contribution in [-0.2, 0) is 16.1 Å². The zero-order chi connectivity index (χ0) is 20.4. The first kappa shape index (κ1) is 18.9. The lowest BCUT2D eigenvalue weighted by atomic mass is 10.1. The molecule has 29 heavy (non-hydrogen) atoms. The summed E-state index contributed by atoms with van der Waals surface area (Å²) in [5.74, 6) is -0.123. The Bertz CT molecular complexity index is 1090. The maximum atomic E-state index is 13.2. The Morgan fingerprint density at radius 1 is 1.10 bits per heavy atom. The molecule has 146 valence electrons. The molecule has 4 rings (SSSR count). The van der Waals surface area contributed by atoms with Gasteiger partial charge >= 0.3 is 0 Å². The highest BCUT2D eigenvalue weighted by Crippen LogP contribution is 2.35. The fourth-order valence-electron chi connectivity index (χ4n) is 3.19. The highest BCUT2D eigenvalue weighted by molar-refractivity contribution is 7.11. The first-order valence-corrected chi connectivity index (χ1v) is 9.92. The number of thiophene rings is 1. The number of carbonyl (C=O) groups is 2. The van der Waals surface area contributed by atoms with Gasteiger partial charge in [0, 0.05) is 11.1 Å². The molecule has 0 bridgehead atoms. The van der Waals surface area contributed by atoms with Crippen LogP contribution in [0.1, 0.15) is 16.1 Å². The lowest BCUT2D eigenvalue weighted by molar-refractivity contribution is -0.137. The van der Waals surface area contributed by atoms with Gasteiger partial charge in [-0.05, 0) is 48.2 Å². The van der Waals surface area contributed by atoms with Crippen LogP contribution >= 0.6 is 11.3 Å². The fourth-order valence-corrected chi connectivity index (χ4v) is 3.96. The van der Waals surface area contributed by atoms with Crippen molar-refractivity contribution in [3.63, 3.8) is 0 Å². The molecule has 0 fully saturated rings. The van der Waals surface area contributed by atoms with Gasteiger partial charge in [0.05, 0.1) is 30.6 Å². The minimum absolute atomic E-state index is 0.115. The first-order valence-electron chi connectivity index (χ1n) is 9.04. The summed E-state index contributed by atoms with van der Waals surface area (Å²) in [7, 11) is 1.57. The van der Waals surface area contributed by atoms with Crippen LogP contribution in [0, 0.1) is 6.92 Å². The number of pyridine rings is 1. The van der Waals surface area contributed by atoms with Crippen LogP contribution in [0.4, 0.5) is 5.69 Å². The number of hydrogen-bond acceptors (Lipinski definition) is 6. The predicted molar refractivity (Wildman–Crippen MR) is 112 cm³/mol. The van der Waals surface area contributed by atoms with Crippen molar-refractivity contribution in [2.75, 3.05) is 12.4 Å². The number of benzene rings is 1. The fraction of sp³-hybridized carbons (Fsp3) is 0.136. The largest absolute Gasteiger partial charge is 0.495 e. The van der Waals surface area contributed by atoms with Gasteiger partial charge in [0.25, 0.3) is 11.8 Å². The van der Waals surface area contributed by atoms with Crippen LogP contribution in [0.25, 0.3) is 5.57 Å². The molecule has 2 amide bonds. The van der Waals surface area contributed by atoms with Crippen LogP contribution < -0.4 is 10.1 Å². The smallest absolute Gasteiger partial charge is 0.278 e. The van der Waals surface area contributed by atoms with Gasteiger partial charge in [0.1, 0.15) is 11.4 Å². The van der Waals surface area contributed by atoms with Crippen LogP contribution in [0.5, 0.6) is 5.75 Å². The monoisotopic (exact) mass is 405 g/mol. The molecule has 0 saturated heterocycles. The molecule has 0 radical (unpaired) electrons. The van der Waals surface area contributed by atoms with E-state index in [9.17, 15) is 9.59 Å². The molecule has 7 heteroatoms. The van der Waals surface area contributed by atoms with Crippen LogP contribution in [0.15, 0.2) is 65.8 Å². The summed E-state index contributed by atoms with van der Waals surface area (Å²) in [6.07, 6.45) is 1.64. The summed E-state index contributed by atoms with van der Waals surface area (Å²) >= 11 is 1.42. The molecule has 0 saturated carbocycles. The number of anilines is 1. The van der Waals surface area contributed by atoms with Crippen molar-refractivity contribution in [3.8, 4) is 5.75 Å². The zero-order valence-corrected chi connectivity index (χ0v) is 16.8. The van der Waals surface area contributed by atoms with E-state index < -0.39 is 0 Å². The molecule has 0 unspecified atom stereocenters. The van der Waals surface area contributed by atoms with Crippen LogP contribution in [-0.4, -0.2) is 28.8 Å². The first-order chi connectivity index (χ1) is 14.1. The van der Waals surface area contributed by atoms with E-state index in [0.29, 0.717) is 22.7 Å². The van der Waals surface area contributed by atoms with Crippen molar-refractivity contribution in [2.24, 2.45) is 0 Å². The third-order valence-electron chi connectivity index (χ3n) is 4.60. The van der Waals surface area contributed by atoms with E-state index in [-0.39, 0.29) is 24.1 Å². The van der Waals surface area contributed by atoms with E-state index in [1.807, 2.05) is 48.7 Å². The van der Waals surface area contributed by atoms with Gasteiger partial charge in [-0.15, -0.1) is 11.3 Å². The number of imide groups is 1. The summed E-state index contributed by atoms with van der Waals surface area (Å²) in [5.41, 5.74) is 2.90. The van der Waals surface area contributed by atoms with Gasteiger partial charge in [-0.25, -0.2) is 0 Å². The van der Waals surface area contributed by atoms with Gasteiger partial charge in [-0.2, -0.15) is 0 Å². The summed E-state index contributed by atoms with van der Waals surface area (Å²) in [6, 6.07) is 14.8. The lowest BCUT2D eigenvalue weighted by Gasteiger charge is -2.15. The summed E-state index contributed by atoms with van der Waals surface area (Å²) in [6.45, 7) is 2.07. The van der Waals surface area contributed by atoms with Crippen molar-refractivity contribution in [2.45, 2.75) is 13.5 Å². The number of rotatable bonds is 6. The van der Waals surface area contributed by atoms with Gasteiger partial charge in [0.15, 0.2) is 0 Å². The predicted octanol–water partition coefficient (Wildman–Crippen LogP) is 3.85. The van der Waals surface area contributed by atoms with Gasteiger partial charge in [-0.3, -0.25) is 19.5 Å². The number of hydrogen-bond donors (Lipinski definition) is 1. The average molecular weight is 405 g/mol. The highest BCUT2D eigenvalue weighted by atomic mass is 32.1. The summed E-state index contributed by atoms with van der Waals surface area (Å²) < 4.78 is 5.42. The Kier molecular flexibility index (Phi) is 5.14. The minimum Gasteiger partial charge on any atom is -0.495 e. The Labute approximate surface area is 172 Å². The van der Waals surface area contributed by atoms with E-state index >= 15 is 0 Å². The maximum absolute atomic E-state index is 13.2. The second-order valence-corrected chi connectivity index (χ2v) is 7.52. The van der Waals surface area contributed by atoms with E-state index in [4.69, 9.17) is 4.74 Å². The Hall–Kier alpha value is -3.45. The number of aromatic nitrogens is 1. The molecule has 0 atom stereocenters. The summed E-state index contributed by atoms with van der Waals surface area (Å²) in [4.78, 5) is 32.6. The molecule has 1 N–H and O–H groups in total. The molecule has 0 spiro atoms. The molecule has 6 nitrogen and oxygen atoms in total. The maximum Gasteiger partial charge on any atom is 0.278 e. The molecule has 3 aromatic rings. The van der Waals surface area contributed by atoms with Gasteiger partial charge < -0.3 is 10.1 Å². The topological polar surface area (TPSA) is 71.5 Å². The average Bonchev–Trinajstić information content (AvgIpc) is 3.32. The van der Waals surface area contributed by atoms with Crippen LogP contribution in [0.2, 0.25) is 0 Å². The Morgan fingerprint density at radius 3 is 2.66 bits per heavy atom. The SMILES string of the molecule is COc1ccc(C)cc1NC1=C(c2cccs2)C(=O)N(Cc2ccccn2)C1=O. The second-order valence-electron chi connectivity index (χ2n) is 6.57. The number of amides is 2. The summed E-state index contributed by atoms with van der Waals surface area (Å²) in [5, 5.41) is 5.05. The Balaban J connectivity index is 1.75. The molecule has 1 aliphatic rings. The van der Waals surface area contributed by atoms with Crippen molar-refractivity contribution >= 4 is 34.4 Å².